The highest BCUT2D eigenvalue weighted by molar-refractivity contribution is 6.42. The van der Waals surface area contributed by atoms with Crippen molar-refractivity contribution in [3.63, 3.8) is 0 Å². The zero-order chi connectivity index (χ0) is 21.1. The average molecular weight is 489 g/mol. The SMILES string of the molecule is Cl.O=C1CC(c2c(F)cccc2OC[C@@H]2CNCCO[C@H]2c2ccc(Cl)c(Cl)c2)=NN1. The quantitative estimate of drug-likeness (QED) is 0.664. The number of benzene rings is 2. The third-order valence-corrected chi connectivity index (χ3v) is 5.78. The van der Waals surface area contributed by atoms with Gasteiger partial charge in [0, 0.05) is 19.0 Å². The highest BCUT2D eigenvalue weighted by Crippen LogP contribution is 2.33. The molecule has 2 heterocycles. The Bertz CT molecular complexity index is 990. The number of halogens is 4. The lowest BCUT2D eigenvalue weighted by Crippen LogP contribution is -2.29. The van der Waals surface area contributed by atoms with Crippen LogP contribution >= 0.6 is 35.6 Å². The van der Waals surface area contributed by atoms with Crippen molar-refractivity contribution in [2.45, 2.75) is 12.5 Å². The van der Waals surface area contributed by atoms with Gasteiger partial charge < -0.3 is 14.8 Å². The summed E-state index contributed by atoms with van der Waals surface area (Å²) < 4.78 is 26.6. The smallest absolute Gasteiger partial charge is 0.246 e. The van der Waals surface area contributed by atoms with E-state index in [1.54, 1.807) is 24.3 Å². The Morgan fingerprint density at radius 3 is 2.81 bits per heavy atom. The monoisotopic (exact) mass is 487 g/mol. The normalized spacial score (nSPS) is 21.0. The van der Waals surface area contributed by atoms with Crippen molar-refractivity contribution in [2.24, 2.45) is 11.0 Å². The summed E-state index contributed by atoms with van der Waals surface area (Å²) in [5.74, 6) is -0.493. The predicted molar refractivity (Wildman–Crippen MR) is 120 cm³/mol. The van der Waals surface area contributed by atoms with Crippen molar-refractivity contribution in [3.8, 4) is 5.75 Å². The van der Waals surface area contributed by atoms with Crippen molar-refractivity contribution in [1.29, 1.82) is 0 Å². The third kappa shape index (κ3) is 5.48. The summed E-state index contributed by atoms with van der Waals surface area (Å²) in [6.07, 6.45) is -0.254. The minimum absolute atomic E-state index is 0. The van der Waals surface area contributed by atoms with Crippen LogP contribution in [0.1, 0.15) is 23.7 Å². The Kier molecular flexibility index (Phi) is 8.13. The minimum atomic E-state index is -0.487. The van der Waals surface area contributed by atoms with E-state index in [0.717, 1.165) is 5.56 Å². The fourth-order valence-corrected chi connectivity index (χ4v) is 3.91. The van der Waals surface area contributed by atoms with Crippen LogP contribution in [0.3, 0.4) is 0 Å². The molecule has 2 aliphatic heterocycles. The molecule has 0 spiro atoms. The number of nitrogens with one attached hydrogen (secondary N) is 2. The lowest BCUT2D eigenvalue weighted by atomic mass is 9.96. The molecule has 2 aromatic carbocycles. The number of rotatable bonds is 5. The molecule has 0 bridgehead atoms. The van der Waals surface area contributed by atoms with E-state index in [1.165, 1.54) is 6.07 Å². The van der Waals surface area contributed by atoms with E-state index >= 15 is 0 Å². The molecule has 6 nitrogen and oxygen atoms in total. The van der Waals surface area contributed by atoms with Gasteiger partial charge in [-0.1, -0.05) is 35.3 Å². The maximum atomic E-state index is 14.5. The summed E-state index contributed by atoms with van der Waals surface area (Å²) in [5.41, 5.74) is 3.77. The predicted octanol–water partition coefficient (Wildman–Crippen LogP) is 4.13. The first kappa shape index (κ1) is 23.8. The summed E-state index contributed by atoms with van der Waals surface area (Å²) in [5, 5.41) is 8.19. The molecule has 2 aliphatic rings. The molecule has 4 rings (SSSR count). The molecule has 2 aromatic rings. The van der Waals surface area contributed by atoms with E-state index in [9.17, 15) is 9.18 Å². The first-order valence-corrected chi connectivity index (χ1v) is 10.3. The number of hydrogen-bond acceptors (Lipinski definition) is 5. The van der Waals surface area contributed by atoms with Crippen LogP contribution in [0.2, 0.25) is 10.0 Å². The van der Waals surface area contributed by atoms with Crippen LogP contribution in [0.25, 0.3) is 0 Å². The Morgan fingerprint density at radius 1 is 1.23 bits per heavy atom. The van der Waals surface area contributed by atoms with E-state index in [4.69, 9.17) is 32.7 Å². The average Bonchev–Trinajstić information content (AvgIpc) is 3.01. The maximum Gasteiger partial charge on any atom is 0.246 e. The molecule has 0 aliphatic carbocycles. The van der Waals surface area contributed by atoms with Crippen LogP contribution in [0.15, 0.2) is 41.5 Å². The summed E-state index contributed by atoms with van der Waals surface area (Å²) in [6, 6.07) is 9.98. The molecule has 0 saturated carbocycles. The van der Waals surface area contributed by atoms with Gasteiger partial charge in [-0.05, 0) is 29.8 Å². The van der Waals surface area contributed by atoms with Crippen molar-refractivity contribution in [3.05, 3.63) is 63.4 Å². The van der Waals surface area contributed by atoms with Crippen LogP contribution in [-0.4, -0.2) is 37.9 Å². The number of ether oxygens (including phenoxy) is 2. The standard InChI is InChI=1S/C21H20Cl2FN3O3.ClH/c22-14-5-4-12(8-15(14)23)21-13(10-25-6-7-29-21)11-30-18-3-1-2-16(24)20(18)17-9-19(28)27-26-17;/h1-5,8,13,21,25H,6-7,9-11H2,(H,27,28);1H/t13-,21-;/m0./s1. The fourth-order valence-electron chi connectivity index (χ4n) is 3.60. The van der Waals surface area contributed by atoms with Gasteiger partial charge in [0.2, 0.25) is 5.91 Å². The Hall–Kier alpha value is -1.90. The Balaban J connectivity index is 0.00000272. The van der Waals surface area contributed by atoms with E-state index in [2.05, 4.69) is 15.8 Å². The number of hydrazone groups is 1. The number of amides is 1. The molecule has 2 N–H and O–H groups in total. The van der Waals surface area contributed by atoms with Crippen molar-refractivity contribution in [2.75, 3.05) is 26.3 Å². The second-order valence-corrected chi connectivity index (χ2v) is 7.94. The summed E-state index contributed by atoms with van der Waals surface area (Å²) in [6.45, 7) is 2.17. The van der Waals surface area contributed by atoms with Gasteiger partial charge in [-0.15, -0.1) is 12.4 Å². The summed E-state index contributed by atoms with van der Waals surface area (Å²) >= 11 is 12.2. The zero-order valence-corrected chi connectivity index (χ0v) is 18.7. The van der Waals surface area contributed by atoms with Crippen LogP contribution in [0.4, 0.5) is 4.39 Å². The highest BCUT2D eigenvalue weighted by Gasteiger charge is 2.29. The van der Waals surface area contributed by atoms with E-state index in [0.29, 0.717) is 41.2 Å². The fraction of sp³-hybridized carbons (Fsp3) is 0.333. The molecule has 31 heavy (non-hydrogen) atoms. The summed E-state index contributed by atoms with van der Waals surface area (Å²) in [4.78, 5) is 11.5. The molecular formula is C21H21Cl3FN3O3. The van der Waals surface area contributed by atoms with E-state index < -0.39 is 5.82 Å². The van der Waals surface area contributed by atoms with Gasteiger partial charge in [0.15, 0.2) is 0 Å². The molecule has 1 fully saturated rings. The number of carbonyl (C=O) groups excluding carboxylic acids is 1. The molecular weight excluding hydrogens is 468 g/mol. The molecule has 166 valence electrons. The molecule has 0 aromatic heterocycles. The van der Waals surface area contributed by atoms with E-state index in [1.807, 2.05) is 6.07 Å². The van der Waals surface area contributed by atoms with Crippen LogP contribution in [-0.2, 0) is 9.53 Å². The van der Waals surface area contributed by atoms with Crippen molar-refractivity contribution < 1.29 is 18.7 Å². The van der Waals surface area contributed by atoms with Crippen LogP contribution in [0.5, 0.6) is 5.75 Å². The molecule has 10 heteroatoms. The molecule has 0 unspecified atom stereocenters. The Morgan fingerprint density at radius 2 is 2.06 bits per heavy atom. The second-order valence-electron chi connectivity index (χ2n) is 7.12. The van der Waals surface area contributed by atoms with Gasteiger partial charge in [0.25, 0.3) is 0 Å². The lowest BCUT2D eigenvalue weighted by molar-refractivity contribution is -0.119. The molecule has 2 atom stereocenters. The Labute approximate surface area is 195 Å². The maximum absolute atomic E-state index is 14.5. The number of carbonyl (C=O) groups is 1. The van der Waals surface area contributed by atoms with E-state index in [-0.39, 0.29) is 48.9 Å². The van der Waals surface area contributed by atoms with Gasteiger partial charge in [0.1, 0.15) is 11.6 Å². The molecule has 1 saturated heterocycles. The first-order chi connectivity index (χ1) is 14.5. The molecule has 0 radical (unpaired) electrons. The van der Waals surface area contributed by atoms with Gasteiger partial charge in [0.05, 0.1) is 47.1 Å². The second kappa shape index (κ2) is 10.6. The van der Waals surface area contributed by atoms with Crippen molar-refractivity contribution in [1.82, 2.24) is 10.7 Å². The van der Waals surface area contributed by atoms with Crippen LogP contribution < -0.4 is 15.5 Å². The zero-order valence-electron chi connectivity index (χ0n) is 16.4. The van der Waals surface area contributed by atoms with Gasteiger partial charge in [-0.2, -0.15) is 5.10 Å². The van der Waals surface area contributed by atoms with Gasteiger partial charge in [-0.3, -0.25) is 4.79 Å². The topological polar surface area (TPSA) is 72.0 Å². The number of hydrogen-bond donors (Lipinski definition) is 2. The largest absolute Gasteiger partial charge is 0.492 e. The number of nitrogens with zero attached hydrogens (tertiary/aromatic N) is 1. The molecule has 1 amide bonds. The summed E-state index contributed by atoms with van der Waals surface area (Å²) in [7, 11) is 0. The third-order valence-electron chi connectivity index (χ3n) is 5.04. The first-order valence-electron chi connectivity index (χ1n) is 9.57. The van der Waals surface area contributed by atoms with Crippen molar-refractivity contribution >= 4 is 47.2 Å². The van der Waals surface area contributed by atoms with Crippen LogP contribution in [0, 0.1) is 11.7 Å². The van der Waals surface area contributed by atoms with Gasteiger partial charge in [-0.25, -0.2) is 9.82 Å². The lowest BCUT2D eigenvalue weighted by Gasteiger charge is -2.26. The highest BCUT2D eigenvalue weighted by atomic mass is 35.5. The minimum Gasteiger partial charge on any atom is -0.492 e. The van der Waals surface area contributed by atoms with Gasteiger partial charge >= 0.3 is 0 Å².